The lowest BCUT2D eigenvalue weighted by Crippen LogP contribution is -2.39. The third-order valence-electron chi connectivity index (χ3n) is 5.79. The van der Waals surface area contributed by atoms with Crippen LogP contribution in [-0.4, -0.2) is 58.3 Å². The predicted molar refractivity (Wildman–Crippen MR) is 108 cm³/mol. The summed E-state index contributed by atoms with van der Waals surface area (Å²) in [7, 11) is 0. The maximum Gasteiger partial charge on any atom is 0.134 e. The number of halogens is 1. The summed E-state index contributed by atoms with van der Waals surface area (Å²) in [6.45, 7) is 3.97. The number of nitrogens with one attached hydrogen (secondary N) is 1. The van der Waals surface area contributed by atoms with Crippen LogP contribution in [0.3, 0.4) is 0 Å². The van der Waals surface area contributed by atoms with Gasteiger partial charge in [0.05, 0.1) is 12.6 Å². The molecule has 1 atom stereocenters. The summed E-state index contributed by atoms with van der Waals surface area (Å²) in [5.74, 6) is 1.56. The van der Waals surface area contributed by atoms with Crippen molar-refractivity contribution < 1.29 is 9.50 Å². The Hall–Kier alpha value is -2.25. The predicted octanol–water partition coefficient (Wildman–Crippen LogP) is 2.65. The summed E-state index contributed by atoms with van der Waals surface area (Å²) in [5, 5.41) is 13.1. The summed E-state index contributed by atoms with van der Waals surface area (Å²) in [4.78, 5) is 13.4. The number of piperidine rings is 1. The molecule has 0 saturated carbocycles. The molecule has 2 N–H and O–H groups in total. The molecule has 150 valence electrons. The summed E-state index contributed by atoms with van der Waals surface area (Å²) in [6.07, 6.45) is 5.79. The Morgan fingerprint density at radius 2 is 1.86 bits per heavy atom. The van der Waals surface area contributed by atoms with Gasteiger partial charge in [0.2, 0.25) is 0 Å². The Morgan fingerprint density at radius 3 is 2.61 bits per heavy atom. The van der Waals surface area contributed by atoms with E-state index in [1.807, 2.05) is 18.2 Å². The molecule has 0 amide bonds. The number of aliphatic hydroxyl groups is 1. The molecule has 2 fully saturated rings. The zero-order valence-corrected chi connectivity index (χ0v) is 16.1. The molecule has 6 nitrogen and oxygen atoms in total. The van der Waals surface area contributed by atoms with Gasteiger partial charge in [-0.1, -0.05) is 12.1 Å². The molecule has 1 unspecified atom stereocenters. The first-order valence-electron chi connectivity index (χ1n) is 10.1. The number of likely N-dealkylation sites (tertiary alicyclic amines) is 1. The van der Waals surface area contributed by atoms with Crippen LogP contribution in [0.5, 0.6) is 0 Å². The van der Waals surface area contributed by atoms with Crippen LogP contribution in [0.2, 0.25) is 0 Å². The third-order valence-corrected chi connectivity index (χ3v) is 5.79. The van der Waals surface area contributed by atoms with Crippen LogP contribution in [-0.2, 0) is 6.54 Å². The third kappa shape index (κ3) is 4.59. The maximum atomic E-state index is 13.0. The molecule has 0 spiro atoms. The maximum absolute atomic E-state index is 13.0. The van der Waals surface area contributed by atoms with Gasteiger partial charge < -0.3 is 15.3 Å². The SMILES string of the molecule is OCC1CCCN1c1cc(NC2CCN(Cc3ccc(F)cc3)CC2)ncn1. The standard InChI is InChI=1S/C21H28FN5O/c22-17-5-3-16(4-6-17)13-26-10-7-18(8-11-26)25-20-12-21(24-15-23-20)27-9-1-2-19(27)14-28/h3-6,12,15,18-19,28H,1-2,7-11,13-14H2,(H,23,24,25). The molecule has 7 heteroatoms. The molecule has 4 rings (SSSR count). The van der Waals surface area contributed by atoms with Crippen molar-refractivity contribution in [1.82, 2.24) is 14.9 Å². The molecule has 0 bridgehead atoms. The molecule has 28 heavy (non-hydrogen) atoms. The smallest absolute Gasteiger partial charge is 0.134 e. The van der Waals surface area contributed by atoms with E-state index in [0.29, 0.717) is 6.04 Å². The van der Waals surface area contributed by atoms with Crippen LogP contribution in [0.4, 0.5) is 16.0 Å². The first-order chi connectivity index (χ1) is 13.7. The fourth-order valence-corrected chi connectivity index (χ4v) is 4.20. The number of anilines is 2. The van der Waals surface area contributed by atoms with Crippen molar-refractivity contribution in [2.75, 3.05) is 36.5 Å². The molecule has 0 aliphatic carbocycles. The lowest BCUT2D eigenvalue weighted by molar-refractivity contribution is 0.211. The van der Waals surface area contributed by atoms with Gasteiger partial charge in [-0.25, -0.2) is 14.4 Å². The second-order valence-corrected chi connectivity index (χ2v) is 7.75. The van der Waals surface area contributed by atoms with Crippen molar-refractivity contribution in [2.45, 2.75) is 44.3 Å². The first-order valence-corrected chi connectivity index (χ1v) is 10.1. The Bertz CT molecular complexity index is 764. The second kappa shape index (κ2) is 8.84. The topological polar surface area (TPSA) is 64.5 Å². The van der Waals surface area contributed by atoms with Gasteiger partial charge in [-0.2, -0.15) is 0 Å². The van der Waals surface area contributed by atoms with Crippen LogP contribution in [0.15, 0.2) is 36.7 Å². The van der Waals surface area contributed by atoms with E-state index in [0.717, 1.165) is 69.1 Å². The van der Waals surface area contributed by atoms with E-state index in [-0.39, 0.29) is 18.5 Å². The Morgan fingerprint density at radius 1 is 1.07 bits per heavy atom. The van der Waals surface area contributed by atoms with Gasteiger partial charge in [0.15, 0.2) is 0 Å². The molecule has 2 aliphatic rings. The van der Waals surface area contributed by atoms with Gasteiger partial charge in [-0.3, -0.25) is 4.90 Å². The van der Waals surface area contributed by atoms with Crippen LogP contribution in [0.25, 0.3) is 0 Å². The highest BCUT2D eigenvalue weighted by atomic mass is 19.1. The van der Waals surface area contributed by atoms with Crippen LogP contribution >= 0.6 is 0 Å². The molecule has 0 radical (unpaired) electrons. The average Bonchev–Trinajstić information content (AvgIpc) is 3.20. The quantitative estimate of drug-likeness (QED) is 0.797. The number of hydrogen-bond donors (Lipinski definition) is 2. The van der Waals surface area contributed by atoms with Gasteiger partial charge in [0, 0.05) is 38.3 Å². The molecular formula is C21H28FN5O. The number of hydrogen-bond acceptors (Lipinski definition) is 6. The molecule has 2 aliphatic heterocycles. The van der Waals surface area contributed by atoms with Gasteiger partial charge in [0.1, 0.15) is 23.8 Å². The Balaban J connectivity index is 1.30. The van der Waals surface area contributed by atoms with E-state index in [1.54, 1.807) is 6.33 Å². The van der Waals surface area contributed by atoms with E-state index < -0.39 is 0 Å². The van der Waals surface area contributed by atoms with Crippen LogP contribution in [0.1, 0.15) is 31.2 Å². The zero-order chi connectivity index (χ0) is 19.3. The van der Waals surface area contributed by atoms with Crippen molar-refractivity contribution in [3.8, 4) is 0 Å². The lowest BCUT2D eigenvalue weighted by Gasteiger charge is -2.32. The fourth-order valence-electron chi connectivity index (χ4n) is 4.20. The van der Waals surface area contributed by atoms with Crippen molar-refractivity contribution in [1.29, 1.82) is 0 Å². The minimum Gasteiger partial charge on any atom is -0.394 e. The zero-order valence-electron chi connectivity index (χ0n) is 16.1. The molecule has 1 aromatic carbocycles. The Labute approximate surface area is 165 Å². The van der Waals surface area contributed by atoms with Crippen LogP contribution in [0, 0.1) is 5.82 Å². The minimum atomic E-state index is -0.185. The molecule has 2 aromatic rings. The largest absolute Gasteiger partial charge is 0.394 e. The van der Waals surface area contributed by atoms with E-state index in [9.17, 15) is 9.50 Å². The molecule has 3 heterocycles. The fraction of sp³-hybridized carbons (Fsp3) is 0.524. The number of rotatable bonds is 6. The monoisotopic (exact) mass is 385 g/mol. The van der Waals surface area contributed by atoms with E-state index in [2.05, 4.69) is 25.1 Å². The number of aromatic nitrogens is 2. The van der Waals surface area contributed by atoms with Gasteiger partial charge in [-0.05, 0) is 43.4 Å². The van der Waals surface area contributed by atoms with Crippen LogP contribution < -0.4 is 10.2 Å². The number of nitrogens with zero attached hydrogens (tertiary/aromatic N) is 4. The summed E-state index contributed by atoms with van der Waals surface area (Å²) in [6, 6.07) is 9.33. The number of aliphatic hydroxyl groups excluding tert-OH is 1. The molecular weight excluding hydrogens is 357 g/mol. The number of benzene rings is 1. The molecule has 2 saturated heterocycles. The van der Waals surface area contributed by atoms with Gasteiger partial charge >= 0.3 is 0 Å². The van der Waals surface area contributed by atoms with Crippen molar-refractivity contribution >= 4 is 11.6 Å². The van der Waals surface area contributed by atoms with Gasteiger partial charge in [0.25, 0.3) is 0 Å². The van der Waals surface area contributed by atoms with Crippen molar-refractivity contribution in [3.05, 3.63) is 48.0 Å². The molecule has 1 aromatic heterocycles. The highest BCUT2D eigenvalue weighted by Crippen LogP contribution is 2.25. The van der Waals surface area contributed by atoms with E-state index in [4.69, 9.17) is 0 Å². The van der Waals surface area contributed by atoms with E-state index in [1.165, 1.54) is 12.1 Å². The normalized spacial score (nSPS) is 21.2. The summed E-state index contributed by atoms with van der Waals surface area (Å²) >= 11 is 0. The Kier molecular flexibility index (Phi) is 6.02. The van der Waals surface area contributed by atoms with Crippen molar-refractivity contribution in [3.63, 3.8) is 0 Å². The van der Waals surface area contributed by atoms with Gasteiger partial charge in [-0.15, -0.1) is 0 Å². The highest BCUT2D eigenvalue weighted by Gasteiger charge is 2.25. The summed E-state index contributed by atoms with van der Waals surface area (Å²) in [5.41, 5.74) is 1.15. The van der Waals surface area contributed by atoms with E-state index >= 15 is 0 Å². The lowest BCUT2D eigenvalue weighted by atomic mass is 10.0. The first kappa shape index (κ1) is 19.1. The highest BCUT2D eigenvalue weighted by molar-refractivity contribution is 5.50. The summed E-state index contributed by atoms with van der Waals surface area (Å²) < 4.78 is 13.0. The second-order valence-electron chi connectivity index (χ2n) is 7.75. The average molecular weight is 385 g/mol. The minimum absolute atomic E-state index is 0.164. The van der Waals surface area contributed by atoms with Crippen molar-refractivity contribution in [2.24, 2.45) is 0 Å².